The van der Waals surface area contributed by atoms with E-state index in [2.05, 4.69) is 19.2 Å². The van der Waals surface area contributed by atoms with Gasteiger partial charge in [0.05, 0.1) is 12.9 Å². The Balaban J connectivity index is 2.72. The van der Waals surface area contributed by atoms with Gasteiger partial charge in [0.2, 0.25) is 0 Å². The van der Waals surface area contributed by atoms with Crippen LogP contribution in [0, 0.1) is 12.8 Å². The number of aryl methyl sites for hydroxylation is 2. The Bertz CT molecular complexity index is 1100. The first-order chi connectivity index (χ1) is 15.7. The van der Waals surface area contributed by atoms with E-state index in [1.807, 2.05) is 58.9 Å². The normalized spacial score (nSPS) is 12.1. The van der Waals surface area contributed by atoms with Gasteiger partial charge in [-0.1, -0.05) is 50.6 Å². The molecule has 0 atom stereocenters. The molecule has 1 aromatic heterocycles. The fraction of sp³-hybridized carbons (Fsp3) is 0.538. The first kappa shape index (κ1) is 27.8. The van der Waals surface area contributed by atoms with Crippen LogP contribution >= 0.6 is 0 Å². The molecule has 7 nitrogen and oxygen atoms in total. The molecule has 2 aromatic rings. The summed E-state index contributed by atoms with van der Waals surface area (Å²) in [6.45, 7) is 13.7. The minimum absolute atomic E-state index is 0.125. The lowest BCUT2D eigenvalue weighted by Crippen LogP contribution is -2.32. The molecule has 0 saturated heterocycles. The van der Waals surface area contributed by atoms with Crippen LogP contribution in [-0.2, 0) is 45.0 Å². The summed E-state index contributed by atoms with van der Waals surface area (Å²) in [7, 11) is -3.66. The van der Waals surface area contributed by atoms with E-state index in [0.29, 0.717) is 24.3 Å². The summed E-state index contributed by atoms with van der Waals surface area (Å²) in [5.41, 5.74) is 5.47. The maximum Gasteiger partial charge on any atom is 0.407 e. The molecule has 1 heterocycles. The zero-order valence-electron chi connectivity index (χ0n) is 21.6. The molecule has 0 saturated carbocycles. The Hall–Kier alpha value is -2.45. The maximum atomic E-state index is 12.5. The average molecular weight is 491 g/mol. The number of alkyl carbamates (subject to hydrolysis) is 1. The molecular weight excluding hydrogens is 452 g/mol. The largest absolute Gasteiger partial charge is 0.444 e. The maximum absolute atomic E-state index is 12.5. The topological polar surface area (TPSA) is 94.6 Å². The predicted octanol–water partition coefficient (Wildman–Crippen LogP) is 5.32. The number of benzene rings is 1. The zero-order chi connectivity index (χ0) is 25.7. The SMILES string of the molecule is CCc1nc(CC(C)C)c(CNC(=O)OC(C)(C)C)c(-c2ccc(C)cc2)c1COS(C)(=O)=O. The lowest BCUT2D eigenvalue weighted by Gasteiger charge is -2.24. The number of hydrogen-bond donors (Lipinski definition) is 1. The highest BCUT2D eigenvalue weighted by molar-refractivity contribution is 7.85. The van der Waals surface area contributed by atoms with Crippen molar-refractivity contribution in [2.45, 2.75) is 80.1 Å². The molecule has 0 aliphatic carbocycles. The Kier molecular flexibility index (Phi) is 9.25. The van der Waals surface area contributed by atoms with Crippen molar-refractivity contribution in [3.63, 3.8) is 0 Å². The molecule has 188 valence electrons. The zero-order valence-corrected chi connectivity index (χ0v) is 22.4. The second-order valence-corrected chi connectivity index (χ2v) is 11.6. The molecule has 1 amide bonds. The number of amides is 1. The predicted molar refractivity (Wildman–Crippen MR) is 135 cm³/mol. The van der Waals surface area contributed by atoms with Crippen LogP contribution in [0.2, 0.25) is 0 Å². The van der Waals surface area contributed by atoms with E-state index < -0.39 is 21.8 Å². The van der Waals surface area contributed by atoms with E-state index in [-0.39, 0.29) is 13.2 Å². The van der Waals surface area contributed by atoms with E-state index in [4.69, 9.17) is 13.9 Å². The van der Waals surface area contributed by atoms with Crippen LogP contribution in [0.15, 0.2) is 24.3 Å². The number of nitrogens with zero attached hydrogens (tertiary/aromatic N) is 1. The van der Waals surface area contributed by atoms with E-state index >= 15 is 0 Å². The van der Waals surface area contributed by atoms with Crippen molar-refractivity contribution in [3.05, 3.63) is 52.3 Å². The van der Waals surface area contributed by atoms with Gasteiger partial charge in [-0.25, -0.2) is 4.79 Å². The Morgan fingerprint density at radius 1 is 1.09 bits per heavy atom. The molecule has 1 N–H and O–H groups in total. The highest BCUT2D eigenvalue weighted by atomic mass is 32.2. The summed E-state index contributed by atoms with van der Waals surface area (Å²) < 4.78 is 34.3. The monoisotopic (exact) mass is 490 g/mol. The van der Waals surface area contributed by atoms with Gasteiger partial charge >= 0.3 is 6.09 Å². The molecule has 0 bridgehead atoms. The molecule has 0 unspecified atom stereocenters. The number of pyridine rings is 1. The third-order valence-corrected chi connectivity index (χ3v) is 5.62. The first-order valence-electron chi connectivity index (χ1n) is 11.6. The number of aromatic nitrogens is 1. The Morgan fingerprint density at radius 2 is 1.71 bits per heavy atom. The van der Waals surface area contributed by atoms with E-state index in [9.17, 15) is 13.2 Å². The quantitative estimate of drug-likeness (QED) is 0.478. The summed E-state index contributed by atoms with van der Waals surface area (Å²) >= 11 is 0. The van der Waals surface area contributed by atoms with Crippen molar-refractivity contribution in [1.29, 1.82) is 0 Å². The van der Waals surface area contributed by atoms with Crippen LogP contribution < -0.4 is 5.32 Å². The summed E-state index contributed by atoms with van der Waals surface area (Å²) in [5.74, 6) is 0.335. The van der Waals surface area contributed by atoms with Crippen molar-refractivity contribution >= 4 is 16.2 Å². The lowest BCUT2D eigenvalue weighted by atomic mass is 9.89. The second-order valence-electron chi connectivity index (χ2n) is 9.98. The fourth-order valence-corrected chi connectivity index (χ4v) is 4.00. The van der Waals surface area contributed by atoms with Crippen LogP contribution in [0.4, 0.5) is 4.79 Å². The summed E-state index contributed by atoms with van der Waals surface area (Å²) in [6.07, 6.45) is 1.85. The van der Waals surface area contributed by atoms with Crippen LogP contribution in [0.3, 0.4) is 0 Å². The Morgan fingerprint density at radius 3 is 2.21 bits per heavy atom. The molecule has 2 rings (SSSR count). The van der Waals surface area contributed by atoms with Crippen molar-refractivity contribution < 1.29 is 22.1 Å². The Labute approximate surface area is 204 Å². The summed E-state index contributed by atoms with van der Waals surface area (Å²) in [4.78, 5) is 17.4. The molecule has 0 fully saturated rings. The summed E-state index contributed by atoms with van der Waals surface area (Å²) in [6, 6.07) is 8.03. The molecular formula is C26H38N2O5S. The lowest BCUT2D eigenvalue weighted by molar-refractivity contribution is 0.0523. The number of rotatable bonds is 9. The smallest absolute Gasteiger partial charge is 0.407 e. The minimum Gasteiger partial charge on any atom is -0.444 e. The molecule has 1 aromatic carbocycles. The second kappa shape index (κ2) is 11.3. The molecule has 0 spiro atoms. The number of ether oxygens (including phenoxy) is 1. The van der Waals surface area contributed by atoms with E-state index in [1.54, 1.807) is 0 Å². The van der Waals surface area contributed by atoms with E-state index in [1.165, 1.54) is 0 Å². The van der Waals surface area contributed by atoms with Crippen LogP contribution in [0.25, 0.3) is 11.1 Å². The molecule has 0 aliphatic rings. The van der Waals surface area contributed by atoms with Gasteiger partial charge in [0.25, 0.3) is 10.1 Å². The van der Waals surface area contributed by atoms with Crippen molar-refractivity contribution in [2.75, 3.05) is 6.26 Å². The third kappa shape index (κ3) is 8.40. The van der Waals surface area contributed by atoms with Gasteiger partial charge in [0.15, 0.2) is 0 Å². The van der Waals surface area contributed by atoms with Gasteiger partial charge in [0, 0.05) is 29.1 Å². The number of carbonyl (C=O) groups is 1. The molecule has 34 heavy (non-hydrogen) atoms. The van der Waals surface area contributed by atoms with Gasteiger partial charge < -0.3 is 10.1 Å². The van der Waals surface area contributed by atoms with Crippen LogP contribution in [0.5, 0.6) is 0 Å². The average Bonchev–Trinajstić information content (AvgIpc) is 2.69. The number of hydrogen-bond acceptors (Lipinski definition) is 6. The van der Waals surface area contributed by atoms with Crippen molar-refractivity contribution in [2.24, 2.45) is 5.92 Å². The molecule has 8 heteroatoms. The minimum atomic E-state index is -3.66. The van der Waals surface area contributed by atoms with Crippen molar-refractivity contribution in [1.82, 2.24) is 10.3 Å². The van der Waals surface area contributed by atoms with Gasteiger partial charge in [-0.05, 0) is 57.6 Å². The number of carbonyl (C=O) groups excluding carboxylic acids is 1. The standard InChI is InChI=1S/C26H38N2O5S/c1-9-22-21(16-32-34(8,30)31)24(19-12-10-18(4)11-13-19)20(23(28-22)14-17(2)3)15-27-25(29)33-26(5,6)7/h10-13,17H,9,14-16H2,1-8H3,(H,27,29). The van der Waals surface area contributed by atoms with Gasteiger partial charge in [0.1, 0.15) is 5.60 Å². The molecule has 0 radical (unpaired) electrons. The summed E-state index contributed by atoms with van der Waals surface area (Å²) in [5, 5.41) is 2.87. The fourth-order valence-electron chi connectivity index (χ4n) is 3.67. The van der Waals surface area contributed by atoms with Crippen molar-refractivity contribution in [3.8, 4) is 11.1 Å². The van der Waals surface area contributed by atoms with Crippen LogP contribution in [-0.4, -0.2) is 31.4 Å². The number of nitrogens with one attached hydrogen (secondary N) is 1. The van der Waals surface area contributed by atoms with E-state index in [0.717, 1.165) is 39.9 Å². The van der Waals surface area contributed by atoms with Crippen LogP contribution in [0.1, 0.15) is 69.6 Å². The molecule has 0 aliphatic heterocycles. The van der Waals surface area contributed by atoms with Gasteiger partial charge in [-0.3, -0.25) is 9.17 Å². The first-order valence-corrected chi connectivity index (χ1v) is 13.4. The van der Waals surface area contributed by atoms with Gasteiger partial charge in [-0.2, -0.15) is 8.42 Å². The third-order valence-electron chi connectivity index (χ3n) is 5.07. The highest BCUT2D eigenvalue weighted by Crippen LogP contribution is 2.34. The highest BCUT2D eigenvalue weighted by Gasteiger charge is 2.23. The van der Waals surface area contributed by atoms with Gasteiger partial charge in [-0.15, -0.1) is 0 Å².